The van der Waals surface area contributed by atoms with Crippen LogP contribution in [-0.2, 0) is 0 Å². The number of ether oxygens (including phenoxy) is 1. The van der Waals surface area contributed by atoms with Gasteiger partial charge in [-0.05, 0) is 41.8 Å². The maximum absolute atomic E-state index is 10.2. The molecule has 0 aliphatic heterocycles. The molecule has 1 aromatic rings. The minimum absolute atomic E-state index is 0.157. The van der Waals surface area contributed by atoms with Crippen molar-refractivity contribution in [3.05, 3.63) is 26.7 Å². The average Bonchev–Trinajstić information content (AvgIpc) is 3.14. The van der Waals surface area contributed by atoms with Crippen molar-refractivity contribution in [2.75, 3.05) is 13.2 Å². The fraction of sp³-hybridized carbons (Fsp3) is 0.538. The molecule has 0 spiro atoms. The highest BCUT2D eigenvalue weighted by Gasteiger charge is 2.27. The molecule has 106 valence electrons. The van der Waals surface area contributed by atoms with Gasteiger partial charge < -0.3 is 15.2 Å². The van der Waals surface area contributed by atoms with E-state index in [2.05, 4.69) is 21.2 Å². The Bertz CT molecular complexity index is 464. The van der Waals surface area contributed by atoms with E-state index in [1.54, 1.807) is 19.1 Å². The predicted molar refractivity (Wildman–Crippen MR) is 81.3 cm³/mol. The molecule has 2 N–H and O–H groups in total. The van der Waals surface area contributed by atoms with Crippen molar-refractivity contribution in [1.82, 2.24) is 5.32 Å². The van der Waals surface area contributed by atoms with E-state index in [0.717, 1.165) is 0 Å². The van der Waals surface area contributed by atoms with Crippen LogP contribution in [0.2, 0.25) is 10.0 Å². The van der Waals surface area contributed by atoms with E-state index in [-0.39, 0.29) is 6.61 Å². The highest BCUT2D eigenvalue weighted by Crippen LogP contribution is 2.34. The van der Waals surface area contributed by atoms with Crippen LogP contribution < -0.4 is 10.1 Å². The molecular formula is C13H16BrCl2NO2. The van der Waals surface area contributed by atoms with E-state index in [9.17, 15) is 5.11 Å². The zero-order valence-electron chi connectivity index (χ0n) is 10.5. The summed E-state index contributed by atoms with van der Waals surface area (Å²) in [5.74, 6) is 0.474. The molecule has 1 aliphatic carbocycles. The highest BCUT2D eigenvalue weighted by atomic mass is 79.9. The van der Waals surface area contributed by atoms with Crippen LogP contribution in [0.5, 0.6) is 5.75 Å². The third kappa shape index (κ3) is 4.80. The number of hydrogen-bond acceptors (Lipinski definition) is 3. The van der Waals surface area contributed by atoms with E-state index in [4.69, 9.17) is 27.9 Å². The molecule has 0 aromatic heterocycles. The Morgan fingerprint density at radius 3 is 2.74 bits per heavy atom. The highest BCUT2D eigenvalue weighted by molar-refractivity contribution is 9.10. The third-order valence-corrected chi connectivity index (χ3v) is 4.35. The van der Waals surface area contributed by atoms with Crippen molar-refractivity contribution in [2.45, 2.75) is 31.4 Å². The van der Waals surface area contributed by atoms with E-state index < -0.39 is 5.60 Å². The van der Waals surface area contributed by atoms with Crippen molar-refractivity contribution < 1.29 is 9.84 Å². The summed E-state index contributed by atoms with van der Waals surface area (Å²) >= 11 is 15.3. The molecule has 0 heterocycles. The number of rotatable bonds is 6. The number of hydrogen-bond donors (Lipinski definition) is 2. The molecule has 1 aromatic carbocycles. The van der Waals surface area contributed by atoms with Crippen LogP contribution in [-0.4, -0.2) is 29.9 Å². The van der Waals surface area contributed by atoms with Crippen molar-refractivity contribution in [3.63, 3.8) is 0 Å². The van der Waals surface area contributed by atoms with E-state index in [1.165, 1.54) is 12.8 Å². The number of nitrogens with one attached hydrogen (secondary N) is 1. The van der Waals surface area contributed by atoms with E-state index in [1.807, 2.05) is 0 Å². The van der Waals surface area contributed by atoms with Crippen LogP contribution in [0.15, 0.2) is 16.6 Å². The van der Waals surface area contributed by atoms with Crippen molar-refractivity contribution >= 4 is 39.1 Å². The minimum Gasteiger partial charge on any atom is -0.489 e. The van der Waals surface area contributed by atoms with Crippen LogP contribution in [0.25, 0.3) is 0 Å². The minimum atomic E-state index is -0.939. The molecule has 1 atom stereocenters. The van der Waals surface area contributed by atoms with Gasteiger partial charge in [-0.15, -0.1) is 0 Å². The second-order valence-electron chi connectivity index (χ2n) is 5.14. The predicted octanol–water partition coefficient (Wildman–Crippen LogP) is 3.64. The summed E-state index contributed by atoms with van der Waals surface area (Å²) in [6.07, 6.45) is 2.37. The standard InChI is InChI=1S/C13H16BrCl2NO2/c1-13(18,6-17-8-2-3-8)7-19-12-5-10(15)9(14)4-11(12)16/h4-5,8,17-18H,2-3,6-7H2,1H3. The molecule has 3 nitrogen and oxygen atoms in total. The molecule has 1 fully saturated rings. The van der Waals surface area contributed by atoms with Crippen LogP contribution in [0.4, 0.5) is 0 Å². The SMILES string of the molecule is CC(O)(CNC1CC1)COc1cc(Cl)c(Br)cc1Cl. The second kappa shape index (κ2) is 6.19. The van der Waals surface area contributed by atoms with Gasteiger partial charge in [0, 0.05) is 23.1 Å². The molecule has 0 saturated heterocycles. The maximum Gasteiger partial charge on any atom is 0.139 e. The lowest BCUT2D eigenvalue weighted by Crippen LogP contribution is -2.43. The molecule has 2 rings (SSSR count). The van der Waals surface area contributed by atoms with Crippen LogP contribution >= 0.6 is 39.1 Å². The Labute approximate surface area is 131 Å². The first kappa shape index (κ1) is 15.4. The first-order valence-corrected chi connectivity index (χ1v) is 7.65. The van der Waals surface area contributed by atoms with Gasteiger partial charge in [0.1, 0.15) is 18.0 Å². The second-order valence-corrected chi connectivity index (χ2v) is 6.81. The lowest BCUT2D eigenvalue weighted by atomic mass is 10.1. The average molecular weight is 369 g/mol. The van der Waals surface area contributed by atoms with Crippen LogP contribution in [0.3, 0.4) is 0 Å². The summed E-state index contributed by atoms with van der Waals surface area (Å²) in [5.41, 5.74) is -0.939. The smallest absolute Gasteiger partial charge is 0.139 e. The molecular weight excluding hydrogens is 353 g/mol. The van der Waals surface area contributed by atoms with E-state index in [0.29, 0.717) is 32.9 Å². The lowest BCUT2D eigenvalue weighted by Gasteiger charge is -2.24. The van der Waals surface area contributed by atoms with Gasteiger partial charge >= 0.3 is 0 Å². The van der Waals surface area contributed by atoms with Gasteiger partial charge in [0.15, 0.2) is 0 Å². The Morgan fingerprint density at radius 2 is 2.11 bits per heavy atom. The maximum atomic E-state index is 10.2. The first-order valence-electron chi connectivity index (χ1n) is 6.10. The number of benzene rings is 1. The quantitative estimate of drug-likeness (QED) is 0.753. The summed E-state index contributed by atoms with van der Waals surface area (Å²) in [6, 6.07) is 3.87. The van der Waals surface area contributed by atoms with Gasteiger partial charge in [0.25, 0.3) is 0 Å². The van der Waals surface area contributed by atoms with Gasteiger partial charge in [-0.2, -0.15) is 0 Å². The molecule has 0 radical (unpaired) electrons. The van der Waals surface area contributed by atoms with Gasteiger partial charge in [-0.3, -0.25) is 0 Å². The summed E-state index contributed by atoms with van der Waals surface area (Å²) in [4.78, 5) is 0. The molecule has 6 heteroatoms. The topological polar surface area (TPSA) is 41.5 Å². The molecule has 1 unspecified atom stereocenters. The normalized spacial score (nSPS) is 18.2. The molecule has 1 saturated carbocycles. The van der Waals surface area contributed by atoms with Gasteiger partial charge in [0.05, 0.1) is 10.0 Å². The Hall–Kier alpha value is -0.0000000000000000555. The van der Waals surface area contributed by atoms with Crippen molar-refractivity contribution in [1.29, 1.82) is 0 Å². The summed E-state index contributed by atoms with van der Waals surface area (Å²) in [6.45, 7) is 2.39. The number of aliphatic hydroxyl groups is 1. The monoisotopic (exact) mass is 367 g/mol. The van der Waals surface area contributed by atoms with E-state index >= 15 is 0 Å². The Morgan fingerprint density at radius 1 is 1.42 bits per heavy atom. The van der Waals surface area contributed by atoms with Crippen molar-refractivity contribution in [3.8, 4) is 5.75 Å². The molecule has 0 amide bonds. The molecule has 1 aliphatic rings. The van der Waals surface area contributed by atoms with Crippen LogP contribution in [0.1, 0.15) is 19.8 Å². The number of halogens is 3. The van der Waals surface area contributed by atoms with Crippen LogP contribution in [0, 0.1) is 0 Å². The third-order valence-electron chi connectivity index (χ3n) is 2.86. The summed E-state index contributed by atoms with van der Waals surface area (Å²) in [5, 5.41) is 14.4. The largest absolute Gasteiger partial charge is 0.489 e. The lowest BCUT2D eigenvalue weighted by molar-refractivity contribution is 0.0120. The first-order chi connectivity index (χ1) is 8.87. The fourth-order valence-electron chi connectivity index (χ4n) is 1.55. The van der Waals surface area contributed by atoms with Gasteiger partial charge in [-0.25, -0.2) is 0 Å². The summed E-state index contributed by atoms with van der Waals surface area (Å²) in [7, 11) is 0. The van der Waals surface area contributed by atoms with Crippen molar-refractivity contribution in [2.24, 2.45) is 0 Å². The zero-order chi connectivity index (χ0) is 14.0. The molecule has 19 heavy (non-hydrogen) atoms. The Kier molecular flexibility index (Phi) is 5.01. The van der Waals surface area contributed by atoms with Gasteiger partial charge in [-0.1, -0.05) is 23.2 Å². The fourth-order valence-corrected chi connectivity index (χ4v) is 2.40. The zero-order valence-corrected chi connectivity index (χ0v) is 13.6. The Balaban J connectivity index is 1.91. The summed E-state index contributed by atoms with van der Waals surface area (Å²) < 4.78 is 6.28. The van der Waals surface area contributed by atoms with Gasteiger partial charge in [0.2, 0.25) is 0 Å². The molecule has 0 bridgehead atoms.